The summed E-state index contributed by atoms with van der Waals surface area (Å²) in [6, 6.07) is 1.61. The number of carboxylic acid groups (broad SMARTS) is 1. The largest absolute Gasteiger partial charge is 0.477 e. The first-order chi connectivity index (χ1) is 8.60. The predicted molar refractivity (Wildman–Crippen MR) is 68.0 cm³/mol. The van der Waals surface area contributed by atoms with Gasteiger partial charge in [0.25, 0.3) is 0 Å². The van der Waals surface area contributed by atoms with E-state index in [0.29, 0.717) is 19.1 Å². The molecule has 0 saturated carbocycles. The van der Waals surface area contributed by atoms with E-state index in [-0.39, 0.29) is 11.7 Å². The lowest BCUT2D eigenvalue weighted by Gasteiger charge is -2.28. The molecular formula is C12H19N3O3. The first kappa shape index (κ1) is 14.4. The number of hydrogen-bond acceptors (Lipinski definition) is 5. The van der Waals surface area contributed by atoms with Gasteiger partial charge in [0.05, 0.1) is 6.61 Å². The third-order valence-electron chi connectivity index (χ3n) is 2.78. The lowest BCUT2D eigenvalue weighted by Crippen LogP contribution is -2.37. The number of aromatic carboxylic acids is 1. The van der Waals surface area contributed by atoms with Crippen molar-refractivity contribution < 1.29 is 14.6 Å². The van der Waals surface area contributed by atoms with Crippen LogP contribution in [0.2, 0.25) is 0 Å². The molecule has 6 heteroatoms. The zero-order valence-electron chi connectivity index (χ0n) is 11.0. The van der Waals surface area contributed by atoms with Gasteiger partial charge in [-0.2, -0.15) is 0 Å². The van der Waals surface area contributed by atoms with Crippen LogP contribution in [0.3, 0.4) is 0 Å². The van der Waals surface area contributed by atoms with Crippen LogP contribution >= 0.6 is 0 Å². The molecular weight excluding hydrogens is 234 g/mol. The molecule has 0 spiro atoms. The number of carbonyl (C=O) groups is 1. The molecule has 1 rings (SSSR count). The Hall–Kier alpha value is -1.69. The van der Waals surface area contributed by atoms with Crippen molar-refractivity contribution >= 4 is 11.9 Å². The van der Waals surface area contributed by atoms with Crippen molar-refractivity contribution in [3.05, 3.63) is 18.0 Å². The Morgan fingerprint density at radius 2 is 2.33 bits per heavy atom. The fourth-order valence-electron chi connectivity index (χ4n) is 1.53. The quantitative estimate of drug-likeness (QED) is 0.792. The van der Waals surface area contributed by atoms with E-state index in [9.17, 15) is 4.79 Å². The maximum Gasteiger partial charge on any atom is 0.354 e. The smallest absolute Gasteiger partial charge is 0.354 e. The number of nitrogens with zero attached hydrogens (tertiary/aromatic N) is 3. The average Bonchev–Trinajstić information content (AvgIpc) is 2.39. The van der Waals surface area contributed by atoms with Gasteiger partial charge in [-0.3, -0.25) is 0 Å². The van der Waals surface area contributed by atoms with Gasteiger partial charge in [0.2, 0.25) is 5.95 Å². The summed E-state index contributed by atoms with van der Waals surface area (Å²) in [6.07, 6.45) is 2.39. The van der Waals surface area contributed by atoms with Crippen LogP contribution in [-0.4, -0.2) is 47.3 Å². The van der Waals surface area contributed by atoms with Crippen molar-refractivity contribution in [2.45, 2.75) is 26.3 Å². The Kier molecular flexibility index (Phi) is 5.51. The summed E-state index contributed by atoms with van der Waals surface area (Å²) in [6.45, 7) is 5.29. The first-order valence-electron chi connectivity index (χ1n) is 5.92. The third-order valence-corrected chi connectivity index (χ3v) is 2.78. The summed E-state index contributed by atoms with van der Waals surface area (Å²) in [4.78, 5) is 21.0. The summed E-state index contributed by atoms with van der Waals surface area (Å²) in [5, 5.41) is 8.93. The number of methoxy groups -OCH3 is 1. The Morgan fingerprint density at radius 1 is 1.61 bits per heavy atom. The molecule has 0 aromatic carbocycles. The standard InChI is InChI=1S/C12H19N3O3/c1-4-9(2)15(7-8-18-3)12-13-6-5-10(14-12)11(16)17/h5-6,9H,4,7-8H2,1-3H3,(H,16,17). The molecule has 1 heterocycles. The van der Waals surface area contributed by atoms with E-state index in [0.717, 1.165) is 6.42 Å². The van der Waals surface area contributed by atoms with Gasteiger partial charge in [0, 0.05) is 25.9 Å². The summed E-state index contributed by atoms with van der Waals surface area (Å²) in [5.41, 5.74) is 0.00530. The minimum Gasteiger partial charge on any atom is -0.477 e. The molecule has 1 atom stereocenters. The van der Waals surface area contributed by atoms with E-state index in [4.69, 9.17) is 9.84 Å². The van der Waals surface area contributed by atoms with Gasteiger partial charge >= 0.3 is 5.97 Å². The number of carboxylic acids is 1. The second-order valence-electron chi connectivity index (χ2n) is 3.99. The van der Waals surface area contributed by atoms with Crippen LogP contribution in [0.25, 0.3) is 0 Å². The summed E-state index contributed by atoms with van der Waals surface area (Å²) in [7, 11) is 1.63. The molecule has 1 N–H and O–H groups in total. The van der Waals surface area contributed by atoms with Crippen LogP contribution < -0.4 is 4.90 Å². The summed E-state index contributed by atoms with van der Waals surface area (Å²) >= 11 is 0. The normalized spacial score (nSPS) is 12.2. The fraction of sp³-hybridized carbons (Fsp3) is 0.583. The maximum atomic E-state index is 10.9. The van der Waals surface area contributed by atoms with Gasteiger partial charge in [0.15, 0.2) is 5.69 Å². The van der Waals surface area contributed by atoms with Crippen molar-refractivity contribution in [1.82, 2.24) is 9.97 Å². The minimum atomic E-state index is -1.05. The lowest BCUT2D eigenvalue weighted by molar-refractivity contribution is 0.0690. The zero-order valence-corrected chi connectivity index (χ0v) is 11.0. The molecule has 0 radical (unpaired) electrons. The van der Waals surface area contributed by atoms with Gasteiger partial charge in [-0.15, -0.1) is 0 Å². The summed E-state index contributed by atoms with van der Waals surface area (Å²) < 4.78 is 5.05. The highest BCUT2D eigenvalue weighted by atomic mass is 16.5. The van der Waals surface area contributed by atoms with Crippen LogP contribution in [0.5, 0.6) is 0 Å². The number of rotatable bonds is 7. The molecule has 1 aromatic heterocycles. The van der Waals surface area contributed by atoms with Crippen molar-refractivity contribution in [3.8, 4) is 0 Å². The van der Waals surface area contributed by atoms with Gasteiger partial charge in [-0.05, 0) is 19.4 Å². The van der Waals surface area contributed by atoms with Crippen molar-refractivity contribution in [1.29, 1.82) is 0 Å². The molecule has 1 aromatic rings. The van der Waals surface area contributed by atoms with E-state index >= 15 is 0 Å². The molecule has 6 nitrogen and oxygen atoms in total. The Labute approximate surface area is 107 Å². The Morgan fingerprint density at radius 3 is 2.89 bits per heavy atom. The van der Waals surface area contributed by atoms with E-state index in [1.807, 2.05) is 11.8 Å². The van der Waals surface area contributed by atoms with Crippen LogP contribution in [0.15, 0.2) is 12.3 Å². The highest BCUT2D eigenvalue weighted by molar-refractivity contribution is 5.85. The van der Waals surface area contributed by atoms with Crippen LogP contribution in [0, 0.1) is 0 Å². The number of aromatic nitrogens is 2. The van der Waals surface area contributed by atoms with Crippen LogP contribution in [-0.2, 0) is 4.74 Å². The SMILES string of the molecule is CCC(C)N(CCOC)c1nccc(C(=O)O)n1. The molecule has 1 unspecified atom stereocenters. The van der Waals surface area contributed by atoms with Crippen LogP contribution in [0.1, 0.15) is 30.8 Å². The Balaban J connectivity index is 2.96. The topological polar surface area (TPSA) is 75.5 Å². The van der Waals surface area contributed by atoms with Crippen molar-refractivity contribution in [2.24, 2.45) is 0 Å². The van der Waals surface area contributed by atoms with E-state index in [2.05, 4.69) is 16.9 Å². The molecule has 0 aliphatic rings. The third kappa shape index (κ3) is 3.66. The molecule has 100 valence electrons. The highest BCUT2D eigenvalue weighted by Gasteiger charge is 2.17. The van der Waals surface area contributed by atoms with E-state index < -0.39 is 5.97 Å². The average molecular weight is 253 g/mol. The first-order valence-corrected chi connectivity index (χ1v) is 5.92. The number of anilines is 1. The second kappa shape index (κ2) is 6.90. The van der Waals surface area contributed by atoms with Crippen molar-refractivity contribution in [3.63, 3.8) is 0 Å². The monoisotopic (exact) mass is 253 g/mol. The number of ether oxygens (including phenoxy) is 1. The fourth-order valence-corrected chi connectivity index (χ4v) is 1.53. The highest BCUT2D eigenvalue weighted by Crippen LogP contribution is 2.13. The molecule has 18 heavy (non-hydrogen) atoms. The molecule has 0 aliphatic heterocycles. The molecule has 0 fully saturated rings. The second-order valence-corrected chi connectivity index (χ2v) is 3.99. The number of hydrogen-bond donors (Lipinski definition) is 1. The van der Waals surface area contributed by atoms with E-state index in [1.54, 1.807) is 7.11 Å². The minimum absolute atomic E-state index is 0.00530. The Bertz CT molecular complexity index is 398. The maximum absolute atomic E-state index is 10.9. The van der Waals surface area contributed by atoms with E-state index in [1.165, 1.54) is 12.3 Å². The zero-order chi connectivity index (χ0) is 13.5. The van der Waals surface area contributed by atoms with Gasteiger partial charge in [0.1, 0.15) is 0 Å². The molecule has 0 aliphatic carbocycles. The van der Waals surface area contributed by atoms with Crippen LogP contribution in [0.4, 0.5) is 5.95 Å². The molecule has 0 amide bonds. The predicted octanol–water partition coefficient (Wildman–Crippen LogP) is 1.43. The van der Waals surface area contributed by atoms with Gasteiger partial charge in [-0.1, -0.05) is 6.92 Å². The van der Waals surface area contributed by atoms with Gasteiger partial charge in [-0.25, -0.2) is 14.8 Å². The molecule has 0 saturated heterocycles. The lowest BCUT2D eigenvalue weighted by atomic mass is 10.2. The van der Waals surface area contributed by atoms with Crippen molar-refractivity contribution in [2.75, 3.05) is 25.2 Å². The summed E-state index contributed by atoms with van der Waals surface area (Å²) in [5.74, 6) is -0.615. The van der Waals surface area contributed by atoms with Gasteiger partial charge < -0.3 is 14.7 Å². The molecule has 0 bridgehead atoms.